The number of fused-ring (bicyclic) bond motifs is 2. The number of tetrazole rings is 1. The molecule has 4 aromatic carbocycles. The molecule has 0 bridgehead atoms. The molecule has 11 nitrogen and oxygen atoms in total. The van der Waals surface area contributed by atoms with Crippen LogP contribution in [0.15, 0.2) is 101 Å². The van der Waals surface area contributed by atoms with Crippen LogP contribution in [0.25, 0.3) is 89.1 Å². The van der Waals surface area contributed by atoms with Gasteiger partial charge in [0.1, 0.15) is 23.0 Å². The fraction of sp³-hybridized carbons (Fsp3) is 0.0278. The minimum atomic E-state index is -4.87. The first-order chi connectivity index (χ1) is 25.7. The summed E-state index contributed by atoms with van der Waals surface area (Å²) in [5.41, 5.74) is 2.40. The summed E-state index contributed by atoms with van der Waals surface area (Å²) in [6.45, 7) is 0. The predicted molar refractivity (Wildman–Crippen MR) is 184 cm³/mol. The number of nitrogens with zero attached hydrogens (tertiary/aromatic N) is 9. The number of alkyl halides is 3. The summed E-state index contributed by atoms with van der Waals surface area (Å²) in [6, 6.07) is 20.7. The van der Waals surface area contributed by atoms with E-state index in [-0.39, 0.29) is 28.1 Å². The number of H-pyrrole nitrogens is 1. The summed E-state index contributed by atoms with van der Waals surface area (Å²) >= 11 is 1.24. The van der Waals surface area contributed by atoms with Gasteiger partial charge in [-0.2, -0.15) is 13.2 Å². The van der Waals surface area contributed by atoms with Crippen LogP contribution < -0.4 is 0 Å². The number of nitrogens with one attached hydrogen (secondary N) is 1. The highest BCUT2D eigenvalue weighted by molar-refractivity contribution is 7.14. The molecule has 1 N–H and O–H groups in total. The van der Waals surface area contributed by atoms with Gasteiger partial charge >= 0.3 is 6.18 Å². The second-order valence-corrected chi connectivity index (χ2v) is 12.6. The fourth-order valence-corrected chi connectivity index (χ4v) is 6.74. The fourth-order valence-electron chi connectivity index (χ4n) is 5.84. The van der Waals surface area contributed by atoms with Gasteiger partial charge in [-0.15, -0.1) is 26.6 Å². The lowest BCUT2D eigenvalue weighted by molar-refractivity contribution is -0.140. The maximum Gasteiger partial charge on any atom is 0.435 e. The highest BCUT2D eigenvalue weighted by Crippen LogP contribution is 2.41. The van der Waals surface area contributed by atoms with Crippen molar-refractivity contribution in [3.8, 4) is 67.1 Å². The zero-order valence-corrected chi connectivity index (χ0v) is 27.3. The van der Waals surface area contributed by atoms with E-state index in [0.29, 0.717) is 55.4 Å². The van der Waals surface area contributed by atoms with Crippen molar-refractivity contribution in [2.24, 2.45) is 0 Å². The van der Waals surface area contributed by atoms with Gasteiger partial charge in [0.25, 0.3) is 0 Å². The molecule has 17 heteroatoms. The molecule has 9 rings (SSSR count). The lowest BCUT2D eigenvalue weighted by Crippen LogP contribution is -2.12. The van der Waals surface area contributed by atoms with E-state index in [1.54, 1.807) is 41.8 Å². The van der Waals surface area contributed by atoms with Crippen LogP contribution in [0.2, 0.25) is 0 Å². The van der Waals surface area contributed by atoms with Gasteiger partial charge in [0.2, 0.25) is 12.3 Å². The molecule has 53 heavy (non-hydrogen) atoms. The van der Waals surface area contributed by atoms with E-state index >= 15 is 4.39 Å². The molecule has 0 amide bonds. The van der Waals surface area contributed by atoms with E-state index in [1.165, 1.54) is 53.8 Å². The summed E-state index contributed by atoms with van der Waals surface area (Å²) in [5, 5.41) is 23.1. The predicted octanol–water partition coefficient (Wildman–Crippen LogP) is 8.83. The minimum Gasteiger partial charge on any atom is -0.423 e. The lowest BCUT2D eigenvalue weighted by atomic mass is 10.0. The molecule has 0 fully saturated rings. The minimum absolute atomic E-state index is 0.00525. The van der Waals surface area contributed by atoms with Gasteiger partial charge in [-0.1, -0.05) is 0 Å². The quantitative estimate of drug-likeness (QED) is 0.165. The van der Waals surface area contributed by atoms with E-state index in [0.717, 1.165) is 12.5 Å². The second-order valence-electron chi connectivity index (χ2n) is 11.6. The summed E-state index contributed by atoms with van der Waals surface area (Å²) in [5.74, 6) is -0.523. The Balaban J connectivity index is 1.16. The van der Waals surface area contributed by atoms with E-state index in [4.69, 9.17) is 14.4 Å². The first-order valence-corrected chi connectivity index (χ1v) is 16.4. The number of thiophene rings is 1. The van der Waals surface area contributed by atoms with Crippen molar-refractivity contribution >= 4 is 33.4 Å². The highest BCUT2D eigenvalue weighted by Gasteiger charge is 2.37. The van der Waals surface area contributed by atoms with Gasteiger partial charge in [-0.05, 0) is 106 Å². The molecule has 0 radical (unpaired) electrons. The van der Waals surface area contributed by atoms with Crippen molar-refractivity contribution in [2.75, 3.05) is 0 Å². The van der Waals surface area contributed by atoms with Crippen LogP contribution in [0.4, 0.5) is 22.0 Å². The number of benzene rings is 4. The number of rotatable bonds is 6. The molecule has 0 atom stereocenters. The van der Waals surface area contributed by atoms with Crippen molar-refractivity contribution < 1.29 is 26.4 Å². The third-order valence-corrected chi connectivity index (χ3v) is 9.26. The van der Waals surface area contributed by atoms with Crippen LogP contribution in [0.3, 0.4) is 0 Å². The molecular formula is C36H17F5N10OS. The Bertz CT molecular complexity index is 2810. The Morgan fingerprint density at radius 1 is 0.623 bits per heavy atom. The Morgan fingerprint density at radius 3 is 2.06 bits per heavy atom. The Kier molecular flexibility index (Phi) is 7.51. The van der Waals surface area contributed by atoms with E-state index in [9.17, 15) is 17.6 Å². The Hall–Kier alpha value is -6.88. The molecule has 258 valence electrons. The summed E-state index contributed by atoms with van der Waals surface area (Å²) in [7, 11) is 0. The smallest absolute Gasteiger partial charge is 0.423 e. The molecule has 0 aliphatic heterocycles. The molecule has 0 aliphatic carbocycles. The average molecular weight is 733 g/mol. The molecular weight excluding hydrogens is 716 g/mol. The van der Waals surface area contributed by atoms with Crippen molar-refractivity contribution in [3.05, 3.63) is 114 Å². The number of hydrogen-bond acceptors (Lipinski definition) is 11. The van der Waals surface area contributed by atoms with Crippen LogP contribution in [0, 0.1) is 11.6 Å². The van der Waals surface area contributed by atoms with E-state index in [1.807, 2.05) is 0 Å². The Morgan fingerprint density at radius 2 is 1.32 bits per heavy atom. The summed E-state index contributed by atoms with van der Waals surface area (Å²) < 4.78 is 78.0. The standard InChI is InChI=1S/C36H17F5N10OS/c37-22-6-1-17(2-7-22)30-32(43-25-9-4-19(12-27(25)44-30)34-47-50-51-48-34)29-14-21(15-53-29)23-11-18(3-8-24(23)38)31-33(36(39,40)41)46-26-10-5-20(13-28(26)45-31)35-49-42-16-52-35/h1-16H,(H,47,48,50,51). The van der Waals surface area contributed by atoms with Crippen molar-refractivity contribution in [3.63, 3.8) is 0 Å². The van der Waals surface area contributed by atoms with Crippen molar-refractivity contribution in [2.45, 2.75) is 6.18 Å². The Labute approximate surface area is 297 Å². The number of aromatic nitrogens is 10. The van der Waals surface area contributed by atoms with Gasteiger partial charge in [-0.3, -0.25) is 0 Å². The third-order valence-electron chi connectivity index (χ3n) is 8.32. The monoisotopic (exact) mass is 732 g/mol. The third kappa shape index (κ3) is 5.91. The molecule has 9 aromatic rings. The molecule has 0 spiro atoms. The molecule has 5 heterocycles. The molecule has 5 aromatic heterocycles. The van der Waals surface area contributed by atoms with Crippen LogP contribution in [-0.4, -0.2) is 50.8 Å². The zero-order chi connectivity index (χ0) is 36.3. The van der Waals surface area contributed by atoms with Gasteiger partial charge in [0.15, 0.2) is 11.5 Å². The lowest BCUT2D eigenvalue weighted by Gasteiger charge is -2.14. The molecule has 0 saturated carbocycles. The van der Waals surface area contributed by atoms with Gasteiger partial charge < -0.3 is 4.42 Å². The number of hydrogen-bond donors (Lipinski definition) is 1. The summed E-state index contributed by atoms with van der Waals surface area (Å²) in [4.78, 5) is 18.6. The molecule has 0 unspecified atom stereocenters. The first kappa shape index (κ1) is 32.1. The number of aromatic amines is 1. The maximum absolute atomic E-state index is 15.6. The van der Waals surface area contributed by atoms with Crippen LogP contribution in [0.5, 0.6) is 0 Å². The van der Waals surface area contributed by atoms with Gasteiger partial charge in [0, 0.05) is 27.8 Å². The van der Waals surface area contributed by atoms with E-state index < -0.39 is 29.2 Å². The van der Waals surface area contributed by atoms with E-state index in [2.05, 4.69) is 40.8 Å². The SMILES string of the molecule is Fc1ccc(-c2nc3cc(-c4nnn[nH]4)ccc3nc2-c2cc(-c3cc(-c4nc5cc(-c6nnco6)ccc5nc4C(F)(F)F)ccc3F)cs2)cc1. The zero-order valence-electron chi connectivity index (χ0n) is 26.5. The maximum atomic E-state index is 15.6. The van der Waals surface area contributed by atoms with Gasteiger partial charge in [0.05, 0.1) is 32.6 Å². The van der Waals surface area contributed by atoms with Gasteiger partial charge in [-0.25, -0.2) is 33.8 Å². The van der Waals surface area contributed by atoms with Crippen LogP contribution in [-0.2, 0) is 6.18 Å². The molecule has 0 saturated heterocycles. The van der Waals surface area contributed by atoms with Crippen LogP contribution >= 0.6 is 11.3 Å². The van der Waals surface area contributed by atoms with Crippen LogP contribution in [0.1, 0.15) is 5.69 Å². The topological polar surface area (TPSA) is 145 Å². The van der Waals surface area contributed by atoms with Crippen molar-refractivity contribution in [1.29, 1.82) is 0 Å². The normalized spacial score (nSPS) is 11.9. The van der Waals surface area contributed by atoms with Crippen molar-refractivity contribution in [1.82, 2.24) is 50.8 Å². The highest BCUT2D eigenvalue weighted by atomic mass is 32.1. The second kappa shape index (κ2) is 12.4. The first-order valence-electron chi connectivity index (χ1n) is 15.5. The average Bonchev–Trinajstić information content (AvgIpc) is 3.98. The molecule has 0 aliphatic rings. The number of halogens is 5. The largest absolute Gasteiger partial charge is 0.435 e. The summed E-state index contributed by atoms with van der Waals surface area (Å²) in [6.07, 6.45) is -3.74.